The van der Waals surface area contributed by atoms with Crippen LogP contribution in [0, 0.1) is 6.92 Å². The van der Waals surface area contributed by atoms with Gasteiger partial charge in [0.1, 0.15) is 6.61 Å². The van der Waals surface area contributed by atoms with Crippen molar-refractivity contribution in [3.8, 4) is 11.5 Å². The molecule has 0 bridgehead atoms. The lowest BCUT2D eigenvalue weighted by molar-refractivity contribution is 0.267. The molecule has 5 heteroatoms. The summed E-state index contributed by atoms with van der Waals surface area (Å²) < 4.78 is 12.9. The van der Waals surface area contributed by atoms with E-state index in [1.165, 1.54) is 11.1 Å². The Morgan fingerprint density at radius 1 is 0.966 bits per heavy atom. The normalized spacial score (nSPS) is 11.1. The maximum Gasteiger partial charge on any atom is 0.175 e. The number of hydrogen-bond donors (Lipinski definition) is 1. The number of ether oxygens (including phenoxy) is 2. The van der Waals surface area contributed by atoms with Crippen LogP contribution in [-0.4, -0.2) is 37.7 Å². The molecule has 0 saturated heterocycles. The fraction of sp³-hybridized carbons (Fsp3) is 0.500. The molecule has 0 atom stereocenters. The standard InChI is InChI=1S/C24H35BrN2O2/c1-5-27(6-2)14-8-13-26-17-21-15-22(25)24(23(16-21)28-7-3)29-18-20-11-9-19(4)10-12-20/h9-12,15-16,26H,5-8,13-14,17-18H2,1-4H3. The molecule has 0 aliphatic heterocycles. The molecular weight excluding hydrogens is 428 g/mol. The summed E-state index contributed by atoms with van der Waals surface area (Å²) in [6, 6.07) is 12.6. The number of benzene rings is 2. The minimum Gasteiger partial charge on any atom is -0.490 e. The Balaban J connectivity index is 1.94. The van der Waals surface area contributed by atoms with Crippen LogP contribution in [0.3, 0.4) is 0 Å². The van der Waals surface area contributed by atoms with Crippen molar-refractivity contribution in [2.24, 2.45) is 0 Å². The summed E-state index contributed by atoms with van der Waals surface area (Å²) in [6.07, 6.45) is 1.15. The van der Waals surface area contributed by atoms with Gasteiger partial charge in [-0.15, -0.1) is 0 Å². The summed E-state index contributed by atoms with van der Waals surface area (Å²) in [5.74, 6) is 1.55. The number of nitrogens with one attached hydrogen (secondary N) is 1. The number of halogens is 1. The lowest BCUT2D eigenvalue weighted by Gasteiger charge is -2.18. The Morgan fingerprint density at radius 3 is 2.34 bits per heavy atom. The maximum absolute atomic E-state index is 6.10. The summed E-state index contributed by atoms with van der Waals surface area (Å²) in [7, 11) is 0. The number of rotatable bonds is 13. The Bertz CT molecular complexity index is 730. The summed E-state index contributed by atoms with van der Waals surface area (Å²) in [5.41, 5.74) is 3.58. The fourth-order valence-corrected chi connectivity index (χ4v) is 3.77. The predicted octanol–water partition coefficient (Wildman–Crippen LogP) is 5.56. The summed E-state index contributed by atoms with van der Waals surface area (Å²) >= 11 is 3.67. The van der Waals surface area contributed by atoms with Crippen LogP contribution in [0.2, 0.25) is 0 Å². The molecule has 160 valence electrons. The van der Waals surface area contributed by atoms with E-state index in [2.05, 4.69) is 83.3 Å². The van der Waals surface area contributed by atoms with Crippen molar-refractivity contribution in [3.63, 3.8) is 0 Å². The van der Waals surface area contributed by atoms with Crippen LogP contribution in [-0.2, 0) is 13.2 Å². The molecule has 29 heavy (non-hydrogen) atoms. The molecule has 0 spiro atoms. The van der Waals surface area contributed by atoms with Crippen LogP contribution >= 0.6 is 15.9 Å². The third kappa shape index (κ3) is 8.00. The second-order valence-electron chi connectivity index (χ2n) is 7.17. The van der Waals surface area contributed by atoms with Gasteiger partial charge in [0.05, 0.1) is 11.1 Å². The molecule has 4 nitrogen and oxygen atoms in total. The largest absolute Gasteiger partial charge is 0.490 e. The molecule has 0 aliphatic rings. The van der Waals surface area contributed by atoms with Crippen molar-refractivity contribution >= 4 is 15.9 Å². The maximum atomic E-state index is 6.10. The first-order valence-corrected chi connectivity index (χ1v) is 11.4. The van der Waals surface area contributed by atoms with Crippen molar-refractivity contribution < 1.29 is 9.47 Å². The molecular formula is C24H35BrN2O2. The minimum absolute atomic E-state index is 0.516. The summed E-state index contributed by atoms with van der Waals surface area (Å²) in [4.78, 5) is 2.45. The van der Waals surface area contributed by atoms with Crippen LogP contribution in [0.5, 0.6) is 11.5 Å². The van der Waals surface area contributed by atoms with Gasteiger partial charge in [-0.2, -0.15) is 0 Å². The first-order valence-electron chi connectivity index (χ1n) is 10.6. The zero-order valence-electron chi connectivity index (χ0n) is 18.3. The van der Waals surface area contributed by atoms with Crippen molar-refractivity contribution in [2.75, 3.05) is 32.8 Å². The van der Waals surface area contributed by atoms with Crippen molar-refractivity contribution in [1.82, 2.24) is 10.2 Å². The average Bonchev–Trinajstić information content (AvgIpc) is 2.71. The van der Waals surface area contributed by atoms with Crippen molar-refractivity contribution in [1.29, 1.82) is 0 Å². The first-order chi connectivity index (χ1) is 14.1. The number of nitrogens with zero attached hydrogens (tertiary/aromatic N) is 1. The van der Waals surface area contributed by atoms with Gasteiger partial charge in [-0.25, -0.2) is 0 Å². The Kier molecular flexibility index (Phi) is 10.5. The molecule has 0 amide bonds. The molecule has 2 aromatic carbocycles. The minimum atomic E-state index is 0.516. The number of aryl methyl sites for hydroxylation is 1. The van der Waals surface area contributed by atoms with E-state index in [1.54, 1.807) is 0 Å². The van der Waals surface area contributed by atoms with Crippen LogP contribution in [0.4, 0.5) is 0 Å². The van der Waals surface area contributed by atoms with Crippen molar-refractivity contribution in [2.45, 2.75) is 47.3 Å². The van der Waals surface area contributed by atoms with Gasteiger partial charge < -0.3 is 19.7 Å². The van der Waals surface area contributed by atoms with E-state index in [4.69, 9.17) is 9.47 Å². The highest BCUT2D eigenvalue weighted by molar-refractivity contribution is 9.10. The Hall–Kier alpha value is -1.56. The average molecular weight is 463 g/mol. The van der Waals surface area contributed by atoms with Gasteiger partial charge in [-0.05, 0) is 85.6 Å². The fourth-order valence-electron chi connectivity index (χ4n) is 3.17. The van der Waals surface area contributed by atoms with E-state index in [9.17, 15) is 0 Å². The highest BCUT2D eigenvalue weighted by atomic mass is 79.9. The monoisotopic (exact) mass is 462 g/mol. The quantitative estimate of drug-likeness (QED) is 0.395. The predicted molar refractivity (Wildman–Crippen MR) is 125 cm³/mol. The first kappa shape index (κ1) is 23.7. The third-order valence-corrected chi connectivity index (χ3v) is 5.51. The molecule has 0 radical (unpaired) electrons. The summed E-state index contributed by atoms with van der Waals surface area (Å²) in [5, 5.41) is 3.54. The molecule has 0 aliphatic carbocycles. The third-order valence-electron chi connectivity index (χ3n) is 4.92. The van der Waals surface area contributed by atoms with Gasteiger partial charge in [0, 0.05) is 6.54 Å². The number of hydrogen-bond acceptors (Lipinski definition) is 4. The Labute approximate surface area is 184 Å². The Morgan fingerprint density at radius 2 is 1.69 bits per heavy atom. The van der Waals surface area contributed by atoms with E-state index >= 15 is 0 Å². The van der Waals surface area contributed by atoms with Crippen LogP contribution in [0.1, 0.15) is 43.9 Å². The van der Waals surface area contributed by atoms with Gasteiger partial charge in [0.15, 0.2) is 11.5 Å². The summed E-state index contributed by atoms with van der Waals surface area (Å²) in [6.45, 7) is 14.8. The topological polar surface area (TPSA) is 33.7 Å². The van der Waals surface area contributed by atoms with Gasteiger partial charge in [0.2, 0.25) is 0 Å². The molecule has 1 N–H and O–H groups in total. The molecule has 0 saturated carbocycles. The van der Waals surface area contributed by atoms with Crippen LogP contribution in [0.15, 0.2) is 40.9 Å². The highest BCUT2D eigenvalue weighted by Gasteiger charge is 2.13. The molecule has 2 aromatic rings. The van der Waals surface area contributed by atoms with Crippen LogP contribution < -0.4 is 14.8 Å². The smallest absolute Gasteiger partial charge is 0.175 e. The van der Waals surface area contributed by atoms with E-state index in [0.29, 0.717) is 13.2 Å². The molecule has 0 fully saturated rings. The molecule has 0 heterocycles. The zero-order valence-corrected chi connectivity index (χ0v) is 19.8. The molecule has 0 unspecified atom stereocenters. The lowest BCUT2D eigenvalue weighted by atomic mass is 10.1. The van der Waals surface area contributed by atoms with Crippen molar-refractivity contribution in [3.05, 3.63) is 57.6 Å². The van der Waals surface area contributed by atoms with Gasteiger partial charge in [0.25, 0.3) is 0 Å². The second kappa shape index (κ2) is 12.9. The van der Waals surface area contributed by atoms with Gasteiger partial charge >= 0.3 is 0 Å². The van der Waals surface area contributed by atoms with Crippen LogP contribution in [0.25, 0.3) is 0 Å². The molecule has 2 rings (SSSR count). The molecule has 0 aromatic heterocycles. The second-order valence-corrected chi connectivity index (χ2v) is 8.02. The van der Waals surface area contributed by atoms with E-state index in [0.717, 1.165) is 60.7 Å². The van der Waals surface area contributed by atoms with E-state index in [-0.39, 0.29) is 0 Å². The van der Waals surface area contributed by atoms with E-state index < -0.39 is 0 Å². The SMILES string of the molecule is CCOc1cc(CNCCCN(CC)CC)cc(Br)c1OCc1ccc(C)cc1. The van der Waals surface area contributed by atoms with E-state index in [1.807, 2.05) is 6.92 Å². The van der Waals surface area contributed by atoms with Gasteiger partial charge in [-0.1, -0.05) is 43.7 Å². The highest BCUT2D eigenvalue weighted by Crippen LogP contribution is 2.37. The van der Waals surface area contributed by atoms with Gasteiger partial charge in [-0.3, -0.25) is 0 Å². The zero-order chi connectivity index (χ0) is 21.1. The lowest BCUT2D eigenvalue weighted by Crippen LogP contribution is -2.27.